The molecule has 0 saturated carbocycles. The van der Waals surface area contributed by atoms with E-state index in [9.17, 15) is 10.1 Å². The first-order valence-corrected chi connectivity index (χ1v) is 6.26. The van der Waals surface area contributed by atoms with Crippen LogP contribution in [0.25, 0.3) is 6.08 Å². The van der Waals surface area contributed by atoms with Crippen LogP contribution in [0, 0.1) is 24.0 Å². The number of hydrogen-bond donors (Lipinski definition) is 0. The fourth-order valence-corrected chi connectivity index (χ4v) is 2.44. The maximum atomic E-state index is 10.4. The summed E-state index contributed by atoms with van der Waals surface area (Å²) in [6, 6.07) is 4.17. The predicted molar refractivity (Wildman–Crippen MR) is 73.4 cm³/mol. The highest BCUT2D eigenvalue weighted by Gasteiger charge is 2.15. The van der Waals surface area contributed by atoms with E-state index < -0.39 is 4.92 Å². The molecule has 18 heavy (non-hydrogen) atoms. The summed E-state index contributed by atoms with van der Waals surface area (Å²) >= 11 is 0. The number of anilines is 1. The zero-order chi connectivity index (χ0) is 13.1. The van der Waals surface area contributed by atoms with Gasteiger partial charge in [0, 0.05) is 24.9 Å². The molecule has 1 aromatic carbocycles. The molecule has 1 aliphatic rings. The predicted octanol–water partition coefficient (Wildman–Crippen LogP) is 3.15. The molecule has 1 fully saturated rings. The molecule has 96 valence electrons. The van der Waals surface area contributed by atoms with Crippen molar-refractivity contribution in [1.29, 1.82) is 0 Å². The molecule has 0 unspecified atom stereocenters. The third-order valence-corrected chi connectivity index (χ3v) is 3.41. The van der Waals surface area contributed by atoms with Gasteiger partial charge in [0.2, 0.25) is 6.20 Å². The minimum atomic E-state index is -0.427. The Kier molecular flexibility index (Phi) is 3.65. The summed E-state index contributed by atoms with van der Waals surface area (Å²) in [5.41, 5.74) is 4.46. The van der Waals surface area contributed by atoms with Crippen LogP contribution in [-0.4, -0.2) is 18.0 Å². The number of rotatable bonds is 3. The van der Waals surface area contributed by atoms with Crippen LogP contribution in [0.2, 0.25) is 0 Å². The van der Waals surface area contributed by atoms with Gasteiger partial charge in [0.25, 0.3) is 0 Å². The van der Waals surface area contributed by atoms with Crippen LogP contribution in [0.3, 0.4) is 0 Å². The monoisotopic (exact) mass is 246 g/mol. The van der Waals surface area contributed by atoms with Crippen molar-refractivity contribution in [3.63, 3.8) is 0 Å². The summed E-state index contributed by atoms with van der Waals surface area (Å²) < 4.78 is 0. The number of aryl methyl sites for hydroxylation is 2. The molecule has 1 heterocycles. The zero-order valence-electron chi connectivity index (χ0n) is 10.8. The molecule has 1 aliphatic heterocycles. The van der Waals surface area contributed by atoms with Gasteiger partial charge in [-0.25, -0.2) is 0 Å². The van der Waals surface area contributed by atoms with E-state index in [0.717, 1.165) is 30.4 Å². The number of benzene rings is 1. The SMILES string of the molecule is Cc1cc(N2CCCC2)c(C)cc1/C=C\[N+](=O)[O-]. The largest absolute Gasteiger partial charge is 0.371 e. The Bertz CT molecular complexity index is 489. The standard InChI is InChI=1S/C14H18N2O2/c1-11-10-14(15-6-3-4-7-15)12(2)9-13(11)5-8-16(17)18/h5,8-10H,3-4,6-7H2,1-2H3/b8-5-. The van der Waals surface area contributed by atoms with Crippen LogP contribution >= 0.6 is 0 Å². The highest BCUT2D eigenvalue weighted by atomic mass is 16.6. The van der Waals surface area contributed by atoms with Crippen LogP contribution < -0.4 is 4.90 Å². The van der Waals surface area contributed by atoms with Crippen LogP contribution in [0.5, 0.6) is 0 Å². The maximum absolute atomic E-state index is 10.4. The van der Waals surface area contributed by atoms with Crippen LogP contribution in [0.15, 0.2) is 18.3 Å². The molecule has 0 bridgehead atoms. The van der Waals surface area contributed by atoms with E-state index in [0.29, 0.717) is 0 Å². The van der Waals surface area contributed by atoms with Crippen molar-refractivity contribution in [3.8, 4) is 0 Å². The topological polar surface area (TPSA) is 46.4 Å². The Balaban J connectivity index is 2.31. The second kappa shape index (κ2) is 5.21. The van der Waals surface area contributed by atoms with Crippen molar-refractivity contribution >= 4 is 11.8 Å². The summed E-state index contributed by atoms with van der Waals surface area (Å²) in [4.78, 5) is 12.3. The molecule has 0 radical (unpaired) electrons. The van der Waals surface area contributed by atoms with Crippen LogP contribution in [-0.2, 0) is 0 Å². The first kappa shape index (κ1) is 12.6. The molecule has 0 N–H and O–H groups in total. The lowest BCUT2D eigenvalue weighted by molar-refractivity contribution is -0.400. The number of nitro groups is 1. The highest BCUT2D eigenvalue weighted by molar-refractivity contribution is 5.64. The van der Waals surface area contributed by atoms with Gasteiger partial charge in [0.05, 0.1) is 4.92 Å². The molecule has 0 aromatic heterocycles. The maximum Gasteiger partial charge on any atom is 0.235 e. The van der Waals surface area contributed by atoms with Crippen molar-refractivity contribution in [2.45, 2.75) is 26.7 Å². The van der Waals surface area contributed by atoms with Crippen molar-refractivity contribution < 1.29 is 4.92 Å². The summed E-state index contributed by atoms with van der Waals surface area (Å²) in [7, 11) is 0. The highest BCUT2D eigenvalue weighted by Crippen LogP contribution is 2.27. The molecule has 1 aromatic rings. The van der Waals surface area contributed by atoms with Gasteiger partial charge in [-0.05, 0) is 55.5 Å². The van der Waals surface area contributed by atoms with Gasteiger partial charge < -0.3 is 4.90 Å². The van der Waals surface area contributed by atoms with E-state index in [-0.39, 0.29) is 0 Å². The third-order valence-electron chi connectivity index (χ3n) is 3.41. The van der Waals surface area contributed by atoms with Crippen LogP contribution in [0.1, 0.15) is 29.5 Å². The normalized spacial score (nSPS) is 15.6. The first-order valence-electron chi connectivity index (χ1n) is 6.26. The van der Waals surface area contributed by atoms with Crippen molar-refractivity contribution in [2.24, 2.45) is 0 Å². The molecule has 4 heteroatoms. The van der Waals surface area contributed by atoms with Gasteiger partial charge in [-0.3, -0.25) is 10.1 Å². The second-order valence-electron chi connectivity index (χ2n) is 4.79. The van der Waals surface area contributed by atoms with Crippen molar-refractivity contribution in [3.05, 3.63) is 45.1 Å². The van der Waals surface area contributed by atoms with E-state index in [1.54, 1.807) is 6.08 Å². The molecule has 0 atom stereocenters. The lowest BCUT2D eigenvalue weighted by atomic mass is 10.0. The van der Waals surface area contributed by atoms with Gasteiger partial charge in [-0.1, -0.05) is 0 Å². The Labute approximate surface area is 107 Å². The van der Waals surface area contributed by atoms with E-state index in [1.165, 1.54) is 24.1 Å². The van der Waals surface area contributed by atoms with Gasteiger partial charge in [0.15, 0.2) is 0 Å². The molecular weight excluding hydrogens is 228 g/mol. The zero-order valence-corrected chi connectivity index (χ0v) is 10.8. The lowest BCUT2D eigenvalue weighted by Crippen LogP contribution is -2.18. The van der Waals surface area contributed by atoms with Crippen LogP contribution in [0.4, 0.5) is 5.69 Å². The van der Waals surface area contributed by atoms with E-state index in [4.69, 9.17) is 0 Å². The third kappa shape index (κ3) is 2.70. The fourth-order valence-electron chi connectivity index (χ4n) is 2.44. The van der Waals surface area contributed by atoms with E-state index >= 15 is 0 Å². The molecule has 0 aliphatic carbocycles. The van der Waals surface area contributed by atoms with Gasteiger partial charge in [0.1, 0.15) is 0 Å². The first-order chi connectivity index (χ1) is 8.58. The Morgan fingerprint density at radius 2 is 1.89 bits per heavy atom. The summed E-state index contributed by atoms with van der Waals surface area (Å²) in [5, 5.41) is 10.4. The quantitative estimate of drug-likeness (QED) is 0.608. The molecule has 0 spiro atoms. The molecule has 0 amide bonds. The number of hydrogen-bond acceptors (Lipinski definition) is 3. The lowest BCUT2D eigenvalue weighted by Gasteiger charge is -2.21. The average molecular weight is 246 g/mol. The fraction of sp³-hybridized carbons (Fsp3) is 0.429. The van der Waals surface area contributed by atoms with Gasteiger partial charge in [-0.2, -0.15) is 0 Å². The number of nitrogens with zero attached hydrogens (tertiary/aromatic N) is 2. The van der Waals surface area contributed by atoms with Gasteiger partial charge >= 0.3 is 0 Å². The molecule has 4 nitrogen and oxygen atoms in total. The summed E-state index contributed by atoms with van der Waals surface area (Å²) in [6.07, 6.45) is 5.07. The Morgan fingerprint density at radius 3 is 2.50 bits per heavy atom. The summed E-state index contributed by atoms with van der Waals surface area (Å²) in [6.45, 7) is 6.30. The smallest absolute Gasteiger partial charge is 0.235 e. The van der Waals surface area contributed by atoms with Crippen molar-refractivity contribution in [1.82, 2.24) is 0 Å². The Hall–Kier alpha value is -1.84. The second-order valence-corrected chi connectivity index (χ2v) is 4.79. The molecule has 2 rings (SSSR count). The summed E-state index contributed by atoms with van der Waals surface area (Å²) in [5.74, 6) is 0. The van der Waals surface area contributed by atoms with Crippen molar-refractivity contribution in [2.75, 3.05) is 18.0 Å². The molecular formula is C14H18N2O2. The van der Waals surface area contributed by atoms with E-state index in [2.05, 4.69) is 17.9 Å². The molecule has 1 saturated heterocycles. The average Bonchev–Trinajstić information content (AvgIpc) is 2.83. The minimum Gasteiger partial charge on any atom is -0.371 e. The van der Waals surface area contributed by atoms with Gasteiger partial charge in [-0.15, -0.1) is 0 Å². The minimum absolute atomic E-state index is 0.427. The van der Waals surface area contributed by atoms with E-state index in [1.807, 2.05) is 13.0 Å². The Morgan fingerprint density at radius 1 is 1.22 bits per heavy atom.